The minimum atomic E-state index is -0.928. The van der Waals surface area contributed by atoms with Crippen molar-refractivity contribution in [1.29, 1.82) is 0 Å². The molecule has 0 atom stereocenters. The highest BCUT2D eigenvalue weighted by Crippen LogP contribution is 2.38. The number of aromatic nitrogens is 1. The van der Waals surface area contributed by atoms with Crippen LogP contribution < -0.4 is 10.2 Å². The van der Waals surface area contributed by atoms with Gasteiger partial charge >= 0.3 is 5.97 Å². The average molecular weight is 301 g/mol. The third kappa shape index (κ3) is 2.84. The van der Waals surface area contributed by atoms with E-state index in [1.165, 1.54) is 6.07 Å². The van der Waals surface area contributed by atoms with Crippen LogP contribution in [0.15, 0.2) is 29.1 Å². The highest BCUT2D eigenvalue weighted by Gasteiger charge is 2.27. The van der Waals surface area contributed by atoms with Crippen LogP contribution in [0.5, 0.6) is 5.75 Å². The molecule has 1 aliphatic rings. The Kier molecular flexibility index (Phi) is 3.64. The molecule has 1 fully saturated rings. The summed E-state index contributed by atoms with van der Waals surface area (Å²) >= 11 is 0. The molecule has 5 nitrogen and oxygen atoms in total. The fraction of sp³-hybridized carbons (Fsp3) is 0.412. The fourth-order valence-corrected chi connectivity index (χ4v) is 2.77. The molecule has 0 aliphatic heterocycles. The number of rotatable bonds is 5. The Labute approximate surface area is 128 Å². The zero-order chi connectivity index (χ0) is 15.9. The van der Waals surface area contributed by atoms with Gasteiger partial charge in [-0.3, -0.25) is 9.59 Å². The van der Waals surface area contributed by atoms with Gasteiger partial charge in [-0.25, -0.2) is 0 Å². The number of benzene rings is 1. The van der Waals surface area contributed by atoms with Crippen LogP contribution in [0, 0.1) is 0 Å². The second-order valence-electron chi connectivity index (χ2n) is 6.02. The van der Waals surface area contributed by atoms with Crippen molar-refractivity contribution in [3.05, 3.63) is 40.2 Å². The normalized spacial score (nSPS) is 14.5. The van der Waals surface area contributed by atoms with Crippen molar-refractivity contribution in [2.24, 2.45) is 0 Å². The second kappa shape index (κ2) is 5.48. The molecular formula is C17H19NO4. The number of ether oxygens (including phenoxy) is 1. The van der Waals surface area contributed by atoms with E-state index in [1.54, 1.807) is 12.1 Å². The first-order valence-electron chi connectivity index (χ1n) is 7.52. The summed E-state index contributed by atoms with van der Waals surface area (Å²) < 4.78 is 7.70. The van der Waals surface area contributed by atoms with Crippen molar-refractivity contribution in [2.45, 2.75) is 45.3 Å². The standard InChI is InChI=1S/C17H19NO4/c1-10(2)22-13-5-6-14-15(9-13)18(11-3-4-11)12(7-16(14)19)8-17(20)21/h5-7,9-11H,3-4,8H2,1-2H3,(H,20,21). The molecule has 0 unspecified atom stereocenters. The van der Waals surface area contributed by atoms with Crippen molar-refractivity contribution in [3.8, 4) is 5.75 Å². The van der Waals surface area contributed by atoms with Crippen LogP contribution in [0.3, 0.4) is 0 Å². The van der Waals surface area contributed by atoms with Gasteiger partial charge in [0.1, 0.15) is 5.75 Å². The van der Waals surface area contributed by atoms with E-state index >= 15 is 0 Å². The molecule has 1 aromatic heterocycles. The molecule has 1 N–H and O–H groups in total. The molecule has 0 saturated heterocycles. The number of pyridine rings is 1. The molecule has 0 radical (unpaired) electrons. The van der Waals surface area contributed by atoms with Crippen molar-refractivity contribution in [1.82, 2.24) is 4.57 Å². The van der Waals surface area contributed by atoms with Crippen LogP contribution in [0.4, 0.5) is 0 Å². The number of hydrogen-bond donors (Lipinski definition) is 1. The Hall–Kier alpha value is -2.30. The molecule has 0 bridgehead atoms. The van der Waals surface area contributed by atoms with E-state index in [1.807, 2.05) is 24.5 Å². The first-order chi connectivity index (χ1) is 10.5. The highest BCUT2D eigenvalue weighted by molar-refractivity contribution is 5.82. The van der Waals surface area contributed by atoms with E-state index < -0.39 is 5.97 Å². The van der Waals surface area contributed by atoms with Crippen LogP contribution in [0.1, 0.15) is 38.4 Å². The molecule has 1 aromatic carbocycles. The van der Waals surface area contributed by atoms with Gasteiger partial charge < -0.3 is 14.4 Å². The van der Waals surface area contributed by atoms with E-state index in [-0.39, 0.29) is 24.0 Å². The lowest BCUT2D eigenvalue weighted by Gasteiger charge is -2.17. The van der Waals surface area contributed by atoms with Gasteiger partial charge in [-0.15, -0.1) is 0 Å². The minimum Gasteiger partial charge on any atom is -0.491 e. The van der Waals surface area contributed by atoms with Gasteiger partial charge in [0.2, 0.25) is 0 Å². The van der Waals surface area contributed by atoms with Crippen LogP contribution in [0.2, 0.25) is 0 Å². The molecule has 2 aromatic rings. The minimum absolute atomic E-state index is 0.0424. The van der Waals surface area contributed by atoms with Gasteiger partial charge in [-0.05, 0) is 38.8 Å². The Bertz CT molecular complexity index is 787. The van der Waals surface area contributed by atoms with Gasteiger partial charge in [-0.1, -0.05) is 0 Å². The van der Waals surface area contributed by atoms with Gasteiger partial charge in [0.25, 0.3) is 0 Å². The SMILES string of the molecule is CC(C)Oc1ccc2c(=O)cc(CC(=O)O)n(C3CC3)c2c1. The number of carboxylic acid groups (broad SMARTS) is 1. The fourth-order valence-electron chi connectivity index (χ4n) is 2.77. The molecule has 1 saturated carbocycles. The highest BCUT2D eigenvalue weighted by atomic mass is 16.5. The van der Waals surface area contributed by atoms with E-state index in [4.69, 9.17) is 9.84 Å². The van der Waals surface area contributed by atoms with E-state index in [0.29, 0.717) is 16.8 Å². The zero-order valence-electron chi connectivity index (χ0n) is 12.7. The summed E-state index contributed by atoms with van der Waals surface area (Å²) in [6, 6.07) is 7.14. The van der Waals surface area contributed by atoms with Gasteiger partial charge in [0.15, 0.2) is 5.43 Å². The molecule has 1 heterocycles. The molecule has 0 spiro atoms. The smallest absolute Gasteiger partial charge is 0.309 e. The summed E-state index contributed by atoms with van der Waals surface area (Å²) in [6.45, 7) is 3.89. The number of carboxylic acids is 1. The van der Waals surface area contributed by atoms with Crippen LogP contribution >= 0.6 is 0 Å². The summed E-state index contributed by atoms with van der Waals surface area (Å²) in [5.41, 5.74) is 1.19. The monoisotopic (exact) mass is 301 g/mol. The third-order valence-corrected chi connectivity index (χ3v) is 3.72. The Balaban J connectivity index is 2.22. The maximum Gasteiger partial charge on any atom is 0.309 e. The van der Waals surface area contributed by atoms with Gasteiger partial charge in [0.05, 0.1) is 18.0 Å². The zero-order valence-corrected chi connectivity index (χ0v) is 12.7. The number of carbonyl (C=O) groups is 1. The third-order valence-electron chi connectivity index (χ3n) is 3.72. The summed E-state index contributed by atoms with van der Waals surface area (Å²) in [5, 5.41) is 9.70. The van der Waals surface area contributed by atoms with Crippen molar-refractivity contribution >= 4 is 16.9 Å². The topological polar surface area (TPSA) is 68.5 Å². The number of nitrogens with zero attached hydrogens (tertiary/aromatic N) is 1. The maximum atomic E-state index is 12.3. The molecule has 5 heteroatoms. The van der Waals surface area contributed by atoms with E-state index in [2.05, 4.69) is 0 Å². The lowest BCUT2D eigenvalue weighted by atomic mass is 10.1. The first-order valence-corrected chi connectivity index (χ1v) is 7.52. The van der Waals surface area contributed by atoms with Crippen molar-refractivity contribution in [3.63, 3.8) is 0 Å². The van der Waals surface area contributed by atoms with Crippen LogP contribution in [0.25, 0.3) is 10.9 Å². The summed E-state index contributed by atoms with van der Waals surface area (Å²) in [5.74, 6) is -0.230. The Morgan fingerprint density at radius 1 is 1.36 bits per heavy atom. The summed E-state index contributed by atoms with van der Waals surface area (Å²) in [7, 11) is 0. The van der Waals surface area contributed by atoms with E-state index in [0.717, 1.165) is 18.4 Å². The molecule has 3 rings (SSSR count). The van der Waals surface area contributed by atoms with E-state index in [9.17, 15) is 9.59 Å². The summed E-state index contributed by atoms with van der Waals surface area (Å²) in [4.78, 5) is 23.3. The van der Waals surface area contributed by atoms with Crippen molar-refractivity contribution < 1.29 is 14.6 Å². The number of aliphatic carboxylic acids is 1. The second-order valence-corrected chi connectivity index (χ2v) is 6.02. The molecule has 116 valence electrons. The molecule has 1 aliphatic carbocycles. The van der Waals surface area contributed by atoms with Gasteiger partial charge in [-0.2, -0.15) is 0 Å². The molecular weight excluding hydrogens is 282 g/mol. The van der Waals surface area contributed by atoms with Gasteiger partial charge in [0, 0.05) is 29.3 Å². The first kappa shape index (κ1) is 14.6. The van der Waals surface area contributed by atoms with Crippen LogP contribution in [-0.4, -0.2) is 21.7 Å². The lowest BCUT2D eigenvalue weighted by Crippen LogP contribution is -2.17. The Morgan fingerprint density at radius 2 is 2.09 bits per heavy atom. The molecule has 0 amide bonds. The predicted octanol–water partition coefficient (Wildman–Crippen LogP) is 2.75. The largest absolute Gasteiger partial charge is 0.491 e. The number of hydrogen-bond acceptors (Lipinski definition) is 3. The average Bonchev–Trinajstić information content (AvgIpc) is 3.21. The van der Waals surface area contributed by atoms with Crippen LogP contribution in [-0.2, 0) is 11.2 Å². The number of fused-ring (bicyclic) bond motifs is 1. The Morgan fingerprint density at radius 3 is 2.68 bits per heavy atom. The predicted molar refractivity (Wildman–Crippen MR) is 83.6 cm³/mol. The quantitative estimate of drug-likeness (QED) is 0.922. The maximum absolute atomic E-state index is 12.3. The van der Waals surface area contributed by atoms with Crippen molar-refractivity contribution in [2.75, 3.05) is 0 Å². The lowest BCUT2D eigenvalue weighted by molar-refractivity contribution is -0.136. The summed E-state index contributed by atoms with van der Waals surface area (Å²) in [6.07, 6.45) is 1.93. The molecule has 22 heavy (non-hydrogen) atoms.